The molecule has 0 radical (unpaired) electrons. The average Bonchev–Trinajstić information content (AvgIpc) is 3.15. The summed E-state index contributed by atoms with van der Waals surface area (Å²) in [6, 6.07) is 27.2. The Morgan fingerprint density at radius 1 is 0.566 bits per heavy atom. The van der Waals surface area contributed by atoms with Crippen LogP contribution in [0.2, 0.25) is 0 Å². The lowest BCUT2D eigenvalue weighted by Crippen LogP contribution is -2.39. The highest BCUT2D eigenvalue weighted by Gasteiger charge is 2.11. The van der Waals surface area contributed by atoms with Gasteiger partial charge in [0.25, 0.3) is 0 Å². The molecule has 0 spiro atoms. The van der Waals surface area contributed by atoms with Gasteiger partial charge in [-0.15, -0.1) is 0 Å². The SMILES string of the molecule is CC(=O)Nc1ccc(/C=C/c2cccc[n+]2CCCC(=O)NCCSSCCNC(=O)CC[n+]2ccccc2/C=C/c2ccc(NC(C)=O)cc2)cc1. The van der Waals surface area contributed by atoms with Crippen molar-refractivity contribution < 1.29 is 28.3 Å². The van der Waals surface area contributed by atoms with Crippen molar-refractivity contribution in [3.05, 3.63) is 120 Å². The summed E-state index contributed by atoms with van der Waals surface area (Å²) in [5.74, 6) is 1.43. The van der Waals surface area contributed by atoms with E-state index in [0.29, 0.717) is 32.5 Å². The Balaban J connectivity index is 1.05. The molecule has 4 amide bonds. The maximum Gasteiger partial charge on any atom is 0.226 e. The van der Waals surface area contributed by atoms with Gasteiger partial charge in [-0.3, -0.25) is 19.2 Å². The van der Waals surface area contributed by atoms with Gasteiger partial charge in [-0.25, -0.2) is 0 Å². The highest BCUT2D eigenvalue weighted by atomic mass is 33.1. The van der Waals surface area contributed by atoms with Crippen LogP contribution in [0.25, 0.3) is 24.3 Å². The predicted octanol–water partition coefficient (Wildman–Crippen LogP) is 6.00. The molecule has 0 atom stereocenters. The third-order valence-electron chi connectivity index (χ3n) is 7.79. The van der Waals surface area contributed by atoms with Crippen LogP contribution in [0.1, 0.15) is 55.6 Å². The first-order valence-corrected chi connectivity index (χ1v) is 20.1. The Kier molecular flexibility index (Phi) is 17.4. The second kappa shape index (κ2) is 22.7. The Hall–Kier alpha value is -5.20. The van der Waals surface area contributed by atoms with E-state index >= 15 is 0 Å². The van der Waals surface area contributed by atoms with Gasteiger partial charge in [-0.05, 0) is 59.7 Å². The summed E-state index contributed by atoms with van der Waals surface area (Å²) in [6.07, 6.45) is 13.6. The van der Waals surface area contributed by atoms with Crippen molar-refractivity contribution >= 4 is 80.9 Å². The number of benzene rings is 2. The zero-order valence-electron chi connectivity index (χ0n) is 30.3. The molecule has 0 aliphatic heterocycles. The fourth-order valence-corrected chi connectivity index (χ4v) is 7.02. The fourth-order valence-electron chi connectivity index (χ4n) is 5.20. The Bertz CT molecular complexity index is 1860. The first-order valence-electron chi connectivity index (χ1n) is 17.6. The minimum Gasteiger partial charge on any atom is -0.355 e. The maximum absolute atomic E-state index is 12.5. The molecule has 4 rings (SSSR count). The number of aryl methyl sites for hydroxylation is 2. The average molecular weight is 753 g/mol. The van der Waals surface area contributed by atoms with Gasteiger partial charge in [0, 0.05) is 99.1 Å². The largest absolute Gasteiger partial charge is 0.355 e. The van der Waals surface area contributed by atoms with Crippen LogP contribution in [0.4, 0.5) is 11.4 Å². The summed E-state index contributed by atoms with van der Waals surface area (Å²) in [4.78, 5) is 47.4. The second-order valence-corrected chi connectivity index (χ2v) is 14.8. The van der Waals surface area contributed by atoms with Crippen molar-refractivity contribution in [3.8, 4) is 0 Å². The van der Waals surface area contributed by atoms with Crippen LogP contribution >= 0.6 is 21.6 Å². The van der Waals surface area contributed by atoms with Crippen molar-refractivity contribution in [2.45, 2.75) is 46.2 Å². The summed E-state index contributed by atoms with van der Waals surface area (Å²) < 4.78 is 4.19. The van der Waals surface area contributed by atoms with Gasteiger partial charge in [0.05, 0.1) is 6.42 Å². The molecule has 0 aliphatic carbocycles. The highest BCUT2D eigenvalue weighted by molar-refractivity contribution is 8.76. The van der Waals surface area contributed by atoms with Crippen LogP contribution in [-0.2, 0) is 32.3 Å². The topological polar surface area (TPSA) is 124 Å². The van der Waals surface area contributed by atoms with E-state index in [4.69, 9.17) is 0 Å². The number of anilines is 2. The second-order valence-electron chi connectivity index (χ2n) is 12.1. The number of pyridine rings is 2. The number of carbonyl (C=O) groups is 4. The van der Waals surface area contributed by atoms with Crippen LogP contribution < -0.4 is 30.4 Å². The summed E-state index contributed by atoms with van der Waals surface area (Å²) in [5.41, 5.74) is 5.59. The summed E-state index contributed by atoms with van der Waals surface area (Å²) in [5, 5.41) is 11.5. The van der Waals surface area contributed by atoms with Gasteiger partial charge >= 0.3 is 0 Å². The smallest absolute Gasteiger partial charge is 0.226 e. The molecule has 2 heterocycles. The number of rotatable bonds is 20. The molecule has 0 unspecified atom stereocenters. The van der Waals surface area contributed by atoms with E-state index < -0.39 is 0 Å². The summed E-state index contributed by atoms with van der Waals surface area (Å²) in [6.45, 7) is 5.45. The number of nitrogens with one attached hydrogen (secondary N) is 4. The molecule has 276 valence electrons. The lowest BCUT2D eigenvalue weighted by Gasteiger charge is -2.06. The molecule has 12 heteroatoms. The molecule has 0 saturated carbocycles. The quantitative estimate of drug-likeness (QED) is 0.0499. The number of amides is 4. The monoisotopic (exact) mass is 752 g/mol. The van der Waals surface area contributed by atoms with Gasteiger partial charge in [0.1, 0.15) is 6.54 Å². The Morgan fingerprint density at radius 2 is 1.02 bits per heavy atom. The molecule has 53 heavy (non-hydrogen) atoms. The zero-order valence-corrected chi connectivity index (χ0v) is 31.9. The molecule has 0 aliphatic rings. The number of nitrogens with zero attached hydrogens (tertiary/aromatic N) is 2. The van der Waals surface area contributed by atoms with E-state index in [-0.39, 0.29) is 23.6 Å². The van der Waals surface area contributed by atoms with Gasteiger partial charge in [-0.2, -0.15) is 9.13 Å². The third kappa shape index (κ3) is 15.9. The molecule has 0 bridgehead atoms. The van der Waals surface area contributed by atoms with Crippen molar-refractivity contribution in [2.24, 2.45) is 0 Å². The van der Waals surface area contributed by atoms with E-state index in [1.54, 1.807) is 21.6 Å². The predicted molar refractivity (Wildman–Crippen MR) is 217 cm³/mol. The van der Waals surface area contributed by atoms with Crippen LogP contribution in [0.3, 0.4) is 0 Å². The molecular formula is C41H48N6O4S2+2. The van der Waals surface area contributed by atoms with Crippen LogP contribution in [0.15, 0.2) is 97.3 Å². The summed E-state index contributed by atoms with van der Waals surface area (Å²) >= 11 is 0. The molecule has 4 aromatic rings. The van der Waals surface area contributed by atoms with E-state index in [0.717, 1.165) is 58.4 Å². The van der Waals surface area contributed by atoms with Crippen LogP contribution in [0.5, 0.6) is 0 Å². The summed E-state index contributed by atoms with van der Waals surface area (Å²) in [7, 11) is 3.37. The lowest BCUT2D eigenvalue weighted by molar-refractivity contribution is -0.698. The minimum atomic E-state index is -0.101. The van der Waals surface area contributed by atoms with E-state index in [2.05, 4.69) is 30.4 Å². The molecule has 0 saturated heterocycles. The number of hydrogen-bond donors (Lipinski definition) is 4. The van der Waals surface area contributed by atoms with Crippen molar-refractivity contribution in [3.63, 3.8) is 0 Å². The molecule has 4 N–H and O–H groups in total. The van der Waals surface area contributed by atoms with Crippen molar-refractivity contribution in [2.75, 3.05) is 35.2 Å². The highest BCUT2D eigenvalue weighted by Crippen LogP contribution is 2.19. The fraction of sp³-hybridized carbons (Fsp3) is 0.268. The van der Waals surface area contributed by atoms with Crippen LogP contribution in [-0.4, -0.2) is 48.2 Å². The van der Waals surface area contributed by atoms with Gasteiger partial charge < -0.3 is 21.3 Å². The van der Waals surface area contributed by atoms with E-state index in [1.807, 2.05) is 122 Å². The zero-order chi connectivity index (χ0) is 37.7. The van der Waals surface area contributed by atoms with Gasteiger partial charge in [-0.1, -0.05) is 45.9 Å². The number of carbonyl (C=O) groups excluding carboxylic acids is 4. The standard InChI is InChI=1S/C41H46N6O4S2/c1-32(48)44-36-17-11-34(12-18-36)15-21-38-8-3-5-26-46(38)28-7-10-40(50)42-24-30-52-53-31-25-43-41(51)23-29-47-27-6-4-9-39(47)22-16-35-13-19-37(20-14-35)45-33(2)49/h3-6,8-9,11-22,26-27H,7,10,23-25,28-31H2,1-2H3,(H2,42,43,50,51)/p+2. The normalized spacial score (nSPS) is 11.1. The maximum atomic E-state index is 12.5. The molecule has 2 aromatic heterocycles. The Morgan fingerprint density at radius 3 is 1.49 bits per heavy atom. The number of hydrogen-bond acceptors (Lipinski definition) is 6. The lowest BCUT2D eigenvalue weighted by atomic mass is 10.1. The van der Waals surface area contributed by atoms with Crippen LogP contribution in [0, 0.1) is 0 Å². The first-order chi connectivity index (χ1) is 25.7. The third-order valence-corrected chi connectivity index (χ3v) is 10.2. The van der Waals surface area contributed by atoms with Crippen molar-refractivity contribution in [1.82, 2.24) is 10.6 Å². The minimum absolute atomic E-state index is 0.00837. The van der Waals surface area contributed by atoms with E-state index in [9.17, 15) is 19.2 Å². The Labute approximate surface area is 320 Å². The number of aromatic nitrogens is 2. The molecule has 0 fully saturated rings. The molecule has 2 aromatic carbocycles. The molecular weight excluding hydrogens is 705 g/mol. The first kappa shape index (κ1) is 40.6. The van der Waals surface area contributed by atoms with E-state index in [1.165, 1.54) is 13.8 Å². The van der Waals surface area contributed by atoms with Gasteiger partial charge in [0.15, 0.2) is 18.9 Å². The van der Waals surface area contributed by atoms with Gasteiger partial charge in [0.2, 0.25) is 35.0 Å². The van der Waals surface area contributed by atoms with Crippen molar-refractivity contribution in [1.29, 1.82) is 0 Å². The molecule has 10 nitrogen and oxygen atoms in total.